The quantitative estimate of drug-likeness (QED) is 0.898. The number of aryl methyl sites for hydroxylation is 1. The van der Waals surface area contributed by atoms with E-state index < -0.39 is 10.0 Å². The van der Waals surface area contributed by atoms with Gasteiger partial charge in [-0.3, -0.25) is 4.79 Å². The summed E-state index contributed by atoms with van der Waals surface area (Å²) in [7, 11) is -3.55. The van der Waals surface area contributed by atoms with Crippen molar-refractivity contribution in [3.8, 4) is 0 Å². The summed E-state index contributed by atoms with van der Waals surface area (Å²) in [5.41, 5.74) is 1.78. The van der Waals surface area contributed by atoms with Crippen molar-refractivity contribution in [3.05, 3.63) is 28.2 Å². The maximum absolute atomic E-state index is 12.0. The highest BCUT2D eigenvalue weighted by Gasteiger charge is 2.34. The molecular weight excluding hydrogens is 332 g/mol. The molecule has 0 radical (unpaired) electrons. The van der Waals surface area contributed by atoms with Crippen LogP contribution in [0.4, 0.5) is 5.69 Å². The number of anilines is 1. The van der Waals surface area contributed by atoms with Crippen LogP contribution in [0.1, 0.15) is 12.0 Å². The molecule has 0 saturated carbocycles. The minimum Gasteiger partial charge on any atom is -0.311 e. The lowest BCUT2D eigenvalue weighted by Gasteiger charge is -2.20. The van der Waals surface area contributed by atoms with Crippen LogP contribution >= 0.6 is 15.9 Å². The lowest BCUT2D eigenvalue weighted by molar-refractivity contribution is -0.117. The Morgan fingerprint density at radius 3 is 2.74 bits per heavy atom. The number of carbonyl (C=O) groups is 1. The fourth-order valence-corrected chi connectivity index (χ4v) is 3.96. The molecule has 1 aliphatic heterocycles. The maximum atomic E-state index is 12.0. The number of nitrogens with zero attached hydrogens (tertiary/aromatic N) is 1. The molecule has 1 saturated heterocycles. The van der Waals surface area contributed by atoms with E-state index in [1.807, 2.05) is 25.1 Å². The van der Waals surface area contributed by atoms with Gasteiger partial charge >= 0.3 is 0 Å². The van der Waals surface area contributed by atoms with Gasteiger partial charge in [0.1, 0.15) is 0 Å². The zero-order valence-electron chi connectivity index (χ0n) is 10.5. The molecule has 1 unspecified atom stereocenters. The Kier molecular flexibility index (Phi) is 3.98. The Bertz CT molecular complexity index is 595. The first-order chi connectivity index (χ1) is 8.78. The third-order valence-electron chi connectivity index (χ3n) is 3.13. The summed E-state index contributed by atoms with van der Waals surface area (Å²) in [5, 5.41) is 5.04. The maximum Gasteiger partial charge on any atom is 0.227 e. The second-order valence-electron chi connectivity index (χ2n) is 4.81. The number of sulfonamides is 1. The van der Waals surface area contributed by atoms with E-state index >= 15 is 0 Å². The largest absolute Gasteiger partial charge is 0.311 e. The van der Waals surface area contributed by atoms with Gasteiger partial charge in [-0.05, 0) is 34.5 Å². The molecule has 19 heavy (non-hydrogen) atoms. The first-order valence-corrected chi connectivity index (χ1v) is 8.34. The predicted octanol–water partition coefficient (Wildman–Crippen LogP) is 1.40. The average molecular weight is 347 g/mol. The van der Waals surface area contributed by atoms with E-state index in [2.05, 4.69) is 15.9 Å². The number of nitrogens with two attached hydrogens (primary N) is 1. The number of hydrogen-bond acceptors (Lipinski definition) is 3. The second kappa shape index (κ2) is 5.22. The average Bonchev–Trinajstić information content (AvgIpc) is 2.56. The molecule has 0 aromatic heterocycles. The SMILES string of the molecule is Cc1cccc(Br)c1N1CC(CS(N)(=O)=O)CC1=O. The third kappa shape index (κ3) is 3.34. The van der Waals surface area contributed by atoms with Gasteiger partial charge in [0.05, 0.1) is 11.4 Å². The molecule has 0 spiro atoms. The molecule has 1 atom stereocenters. The highest BCUT2D eigenvalue weighted by molar-refractivity contribution is 9.10. The second-order valence-corrected chi connectivity index (χ2v) is 7.32. The summed E-state index contributed by atoms with van der Waals surface area (Å²) >= 11 is 3.43. The Morgan fingerprint density at radius 1 is 1.47 bits per heavy atom. The molecule has 0 aliphatic carbocycles. The van der Waals surface area contributed by atoms with E-state index in [0.29, 0.717) is 6.54 Å². The molecule has 7 heteroatoms. The molecule has 1 amide bonds. The van der Waals surface area contributed by atoms with Crippen molar-refractivity contribution in [2.75, 3.05) is 17.2 Å². The minimum atomic E-state index is -3.55. The summed E-state index contributed by atoms with van der Waals surface area (Å²) in [5.74, 6) is -0.462. The minimum absolute atomic E-state index is 0.0661. The van der Waals surface area contributed by atoms with Crippen molar-refractivity contribution in [3.63, 3.8) is 0 Å². The normalized spacial score (nSPS) is 20.1. The van der Waals surface area contributed by atoms with Crippen LogP contribution in [0.15, 0.2) is 22.7 Å². The highest BCUT2D eigenvalue weighted by Crippen LogP contribution is 2.34. The first kappa shape index (κ1) is 14.5. The molecule has 1 aromatic rings. The third-order valence-corrected chi connectivity index (χ3v) is 4.71. The number of benzene rings is 1. The van der Waals surface area contributed by atoms with Crippen LogP contribution in [0.2, 0.25) is 0 Å². The van der Waals surface area contributed by atoms with Crippen molar-refractivity contribution < 1.29 is 13.2 Å². The molecule has 1 fully saturated rings. The van der Waals surface area contributed by atoms with Crippen LogP contribution in [0.25, 0.3) is 0 Å². The van der Waals surface area contributed by atoms with Crippen molar-refractivity contribution in [2.24, 2.45) is 11.1 Å². The number of hydrogen-bond donors (Lipinski definition) is 1. The van der Waals surface area contributed by atoms with Gasteiger partial charge in [0.15, 0.2) is 0 Å². The standard InChI is InChI=1S/C12H15BrN2O3S/c1-8-3-2-4-10(13)12(8)15-6-9(5-11(15)16)7-19(14,17)18/h2-4,9H,5-7H2,1H3,(H2,14,17,18). The Hall–Kier alpha value is -0.920. The van der Waals surface area contributed by atoms with Crippen LogP contribution in [0.3, 0.4) is 0 Å². The molecule has 1 aliphatic rings. The van der Waals surface area contributed by atoms with E-state index in [4.69, 9.17) is 5.14 Å². The number of primary sulfonamides is 1. The van der Waals surface area contributed by atoms with Crippen molar-refractivity contribution in [1.82, 2.24) is 0 Å². The summed E-state index contributed by atoms with van der Waals surface area (Å²) in [6.07, 6.45) is 0.219. The number of carbonyl (C=O) groups excluding carboxylic acids is 1. The predicted molar refractivity (Wildman–Crippen MR) is 77.3 cm³/mol. The van der Waals surface area contributed by atoms with Crippen LogP contribution in [-0.4, -0.2) is 26.6 Å². The zero-order chi connectivity index (χ0) is 14.2. The molecule has 2 N–H and O–H groups in total. The Balaban J connectivity index is 2.26. The monoisotopic (exact) mass is 346 g/mol. The van der Waals surface area contributed by atoms with Gasteiger partial charge in [-0.15, -0.1) is 0 Å². The van der Waals surface area contributed by atoms with E-state index in [0.717, 1.165) is 15.7 Å². The topological polar surface area (TPSA) is 80.5 Å². The van der Waals surface area contributed by atoms with Crippen LogP contribution in [-0.2, 0) is 14.8 Å². The van der Waals surface area contributed by atoms with Gasteiger partial charge in [-0.25, -0.2) is 13.6 Å². The van der Waals surface area contributed by atoms with Gasteiger partial charge in [0.2, 0.25) is 15.9 Å². The molecule has 2 rings (SSSR count). The van der Waals surface area contributed by atoms with Crippen LogP contribution in [0, 0.1) is 12.8 Å². The first-order valence-electron chi connectivity index (χ1n) is 5.84. The van der Waals surface area contributed by atoms with E-state index in [9.17, 15) is 13.2 Å². The number of para-hydroxylation sites is 1. The van der Waals surface area contributed by atoms with E-state index in [1.54, 1.807) is 4.90 Å². The summed E-state index contributed by atoms with van der Waals surface area (Å²) < 4.78 is 23.0. The van der Waals surface area contributed by atoms with Crippen LogP contribution < -0.4 is 10.0 Å². The molecule has 1 heterocycles. The highest BCUT2D eigenvalue weighted by atomic mass is 79.9. The lowest BCUT2D eigenvalue weighted by atomic mass is 10.1. The number of halogens is 1. The Labute approximate surface area is 121 Å². The van der Waals surface area contributed by atoms with Gasteiger partial charge in [-0.1, -0.05) is 12.1 Å². The van der Waals surface area contributed by atoms with Crippen molar-refractivity contribution in [2.45, 2.75) is 13.3 Å². The fourth-order valence-electron chi connectivity index (χ4n) is 2.40. The van der Waals surface area contributed by atoms with Crippen LogP contribution in [0.5, 0.6) is 0 Å². The van der Waals surface area contributed by atoms with E-state index in [1.165, 1.54) is 0 Å². The Morgan fingerprint density at radius 2 is 2.16 bits per heavy atom. The van der Waals surface area contributed by atoms with Crippen molar-refractivity contribution in [1.29, 1.82) is 0 Å². The molecule has 5 nitrogen and oxygen atoms in total. The zero-order valence-corrected chi connectivity index (χ0v) is 12.9. The van der Waals surface area contributed by atoms with Gasteiger partial charge in [0, 0.05) is 23.4 Å². The molecule has 0 bridgehead atoms. The molecule has 104 valence electrons. The fraction of sp³-hybridized carbons (Fsp3) is 0.417. The number of rotatable bonds is 3. The summed E-state index contributed by atoms with van der Waals surface area (Å²) in [6.45, 7) is 2.30. The van der Waals surface area contributed by atoms with E-state index in [-0.39, 0.29) is 24.0 Å². The summed E-state index contributed by atoms with van der Waals surface area (Å²) in [6, 6.07) is 5.67. The lowest BCUT2D eigenvalue weighted by Crippen LogP contribution is -2.28. The van der Waals surface area contributed by atoms with Crippen molar-refractivity contribution >= 4 is 37.5 Å². The summed E-state index contributed by atoms with van der Waals surface area (Å²) in [4.78, 5) is 13.7. The van der Waals surface area contributed by atoms with Gasteiger partial charge < -0.3 is 4.90 Å². The molecule has 1 aromatic carbocycles. The molecular formula is C12H15BrN2O3S. The van der Waals surface area contributed by atoms with Gasteiger partial charge in [-0.2, -0.15) is 0 Å². The van der Waals surface area contributed by atoms with Gasteiger partial charge in [0.25, 0.3) is 0 Å². The number of amides is 1. The smallest absolute Gasteiger partial charge is 0.227 e.